The number of ether oxygens (including phenoxy) is 1. The van der Waals surface area contributed by atoms with Crippen LogP contribution in [0, 0.1) is 5.92 Å². The van der Waals surface area contributed by atoms with Crippen LogP contribution in [0.4, 0.5) is 0 Å². The molecule has 3 nitrogen and oxygen atoms in total. The van der Waals surface area contributed by atoms with E-state index in [2.05, 4.69) is 17.3 Å². The highest BCUT2D eigenvalue weighted by Gasteiger charge is 2.20. The van der Waals surface area contributed by atoms with E-state index in [1.54, 1.807) is 0 Å². The molecule has 0 saturated heterocycles. The summed E-state index contributed by atoms with van der Waals surface area (Å²) in [4.78, 5) is 0. The van der Waals surface area contributed by atoms with Crippen LogP contribution in [0.5, 0.6) is 0 Å². The maximum Gasteiger partial charge on any atom is 0.0716 e. The van der Waals surface area contributed by atoms with Crippen molar-refractivity contribution in [2.45, 2.75) is 45.1 Å². The van der Waals surface area contributed by atoms with Crippen LogP contribution in [0.1, 0.15) is 44.1 Å². The Kier molecular flexibility index (Phi) is 5.89. The maximum absolute atomic E-state index is 8.97. The summed E-state index contributed by atoms with van der Waals surface area (Å²) < 4.78 is 5.68. The largest absolute Gasteiger partial charge is 0.411 e. The first-order valence-corrected chi connectivity index (χ1v) is 7.22. The highest BCUT2D eigenvalue weighted by atomic mass is 16.5. The highest BCUT2D eigenvalue weighted by molar-refractivity contribution is 5.86. The Balaban J connectivity index is 1.61. The second-order valence-electron chi connectivity index (χ2n) is 5.21. The molecule has 2 rings (SSSR count). The fourth-order valence-corrected chi connectivity index (χ4v) is 2.71. The molecule has 0 aliphatic heterocycles. The predicted octanol–water partition coefficient (Wildman–Crippen LogP) is 4.00. The molecular formula is C16H23NO2. The molecular weight excluding hydrogens is 238 g/mol. The summed E-state index contributed by atoms with van der Waals surface area (Å²) in [6, 6.07) is 10.2. The summed E-state index contributed by atoms with van der Waals surface area (Å²) in [7, 11) is 0. The summed E-state index contributed by atoms with van der Waals surface area (Å²) >= 11 is 0. The van der Waals surface area contributed by atoms with E-state index < -0.39 is 0 Å². The number of nitrogens with zero attached hydrogens (tertiary/aromatic N) is 1. The lowest BCUT2D eigenvalue weighted by Gasteiger charge is -2.22. The van der Waals surface area contributed by atoms with Gasteiger partial charge >= 0.3 is 0 Å². The van der Waals surface area contributed by atoms with Gasteiger partial charge in [0.15, 0.2) is 0 Å². The Morgan fingerprint density at radius 3 is 2.84 bits per heavy atom. The molecule has 1 aliphatic carbocycles. The van der Waals surface area contributed by atoms with E-state index in [1.165, 1.54) is 18.4 Å². The Labute approximate surface area is 115 Å². The third-order valence-electron chi connectivity index (χ3n) is 3.79. The van der Waals surface area contributed by atoms with Gasteiger partial charge in [-0.3, -0.25) is 0 Å². The topological polar surface area (TPSA) is 41.8 Å². The van der Waals surface area contributed by atoms with Crippen molar-refractivity contribution in [3.05, 3.63) is 35.9 Å². The lowest BCUT2D eigenvalue weighted by molar-refractivity contribution is 0.115. The SMILES string of the molecule is O/N=C1\CCCCC1CCCOCc1ccccc1. The zero-order chi connectivity index (χ0) is 13.3. The van der Waals surface area contributed by atoms with E-state index in [0.29, 0.717) is 12.5 Å². The van der Waals surface area contributed by atoms with E-state index in [9.17, 15) is 0 Å². The Morgan fingerprint density at radius 1 is 1.21 bits per heavy atom. The standard InChI is InChI=1S/C16H23NO2/c18-17-16-11-5-4-9-15(16)10-6-12-19-13-14-7-2-1-3-8-14/h1-3,7-8,15,18H,4-6,9-13H2/b17-16+. The summed E-state index contributed by atoms with van der Waals surface area (Å²) in [5.74, 6) is 0.471. The first kappa shape index (κ1) is 14.1. The van der Waals surface area contributed by atoms with Gasteiger partial charge in [-0.05, 0) is 37.7 Å². The maximum atomic E-state index is 8.97. The van der Waals surface area contributed by atoms with Crippen LogP contribution in [0.2, 0.25) is 0 Å². The molecule has 104 valence electrons. The molecule has 0 radical (unpaired) electrons. The van der Waals surface area contributed by atoms with Gasteiger partial charge in [0.25, 0.3) is 0 Å². The average Bonchev–Trinajstić information content (AvgIpc) is 2.48. The molecule has 1 saturated carbocycles. The lowest BCUT2D eigenvalue weighted by atomic mass is 9.84. The van der Waals surface area contributed by atoms with Crippen LogP contribution in [-0.2, 0) is 11.3 Å². The van der Waals surface area contributed by atoms with Crippen molar-refractivity contribution in [3.63, 3.8) is 0 Å². The number of rotatable bonds is 6. The molecule has 1 aliphatic rings. The molecule has 3 heteroatoms. The minimum absolute atomic E-state index is 0.471. The summed E-state index contributed by atoms with van der Waals surface area (Å²) in [5, 5.41) is 12.4. The molecule has 0 spiro atoms. The van der Waals surface area contributed by atoms with Crippen molar-refractivity contribution < 1.29 is 9.94 Å². The van der Waals surface area contributed by atoms with Crippen molar-refractivity contribution in [1.29, 1.82) is 0 Å². The van der Waals surface area contributed by atoms with Crippen LogP contribution in [0.25, 0.3) is 0 Å². The second-order valence-corrected chi connectivity index (χ2v) is 5.21. The lowest BCUT2D eigenvalue weighted by Crippen LogP contribution is -2.19. The van der Waals surface area contributed by atoms with E-state index in [-0.39, 0.29) is 0 Å². The minimum Gasteiger partial charge on any atom is -0.411 e. The highest BCUT2D eigenvalue weighted by Crippen LogP contribution is 2.25. The zero-order valence-corrected chi connectivity index (χ0v) is 11.4. The molecule has 0 aromatic heterocycles. The molecule has 0 bridgehead atoms. The quantitative estimate of drug-likeness (QED) is 0.477. The normalized spacial score (nSPS) is 21.7. The minimum atomic E-state index is 0.471. The molecule has 1 aromatic carbocycles. The van der Waals surface area contributed by atoms with Crippen LogP contribution in [0.15, 0.2) is 35.5 Å². The van der Waals surface area contributed by atoms with E-state index in [4.69, 9.17) is 9.94 Å². The summed E-state index contributed by atoms with van der Waals surface area (Å²) in [6.45, 7) is 1.47. The van der Waals surface area contributed by atoms with Gasteiger partial charge in [0, 0.05) is 12.5 Å². The van der Waals surface area contributed by atoms with Crippen LogP contribution >= 0.6 is 0 Å². The van der Waals surface area contributed by atoms with Crippen molar-refractivity contribution in [3.8, 4) is 0 Å². The number of oxime groups is 1. The zero-order valence-electron chi connectivity index (χ0n) is 11.4. The number of hydrogen-bond acceptors (Lipinski definition) is 3. The fourth-order valence-electron chi connectivity index (χ4n) is 2.71. The molecule has 0 amide bonds. The third kappa shape index (κ3) is 4.67. The van der Waals surface area contributed by atoms with E-state index in [0.717, 1.165) is 38.0 Å². The molecule has 1 unspecified atom stereocenters. The molecule has 1 fully saturated rings. The molecule has 0 heterocycles. The predicted molar refractivity (Wildman–Crippen MR) is 76.5 cm³/mol. The van der Waals surface area contributed by atoms with Crippen LogP contribution in [0.3, 0.4) is 0 Å². The van der Waals surface area contributed by atoms with Gasteiger partial charge in [-0.25, -0.2) is 0 Å². The van der Waals surface area contributed by atoms with Gasteiger partial charge in [-0.1, -0.05) is 41.9 Å². The van der Waals surface area contributed by atoms with Crippen LogP contribution < -0.4 is 0 Å². The number of hydrogen-bond donors (Lipinski definition) is 1. The van der Waals surface area contributed by atoms with Crippen molar-refractivity contribution in [1.82, 2.24) is 0 Å². The van der Waals surface area contributed by atoms with Gasteiger partial charge in [0.2, 0.25) is 0 Å². The Hall–Kier alpha value is -1.35. The first-order chi connectivity index (χ1) is 9.40. The van der Waals surface area contributed by atoms with E-state index >= 15 is 0 Å². The number of benzene rings is 1. The Bertz CT molecular complexity index is 389. The third-order valence-corrected chi connectivity index (χ3v) is 3.79. The van der Waals surface area contributed by atoms with Gasteiger partial charge in [-0.2, -0.15) is 0 Å². The van der Waals surface area contributed by atoms with Crippen molar-refractivity contribution in [2.24, 2.45) is 11.1 Å². The summed E-state index contributed by atoms with van der Waals surface area (Å²) in [5.41, 5.74) is 2.21. The van der Waals surface area contributed by atoms with Gasteiger partial charge < -0.3 is 9.94 Å². The van der Waals surface area contributed by atoms with Gasteiger partial charge in [0.05, 0.1) is 12.3 Å². The fraction of sp³-hybridized carbons (Fsp3) is 0.562. The summed E-state index contributed by atoms with van der Waals surface area (Å²) in [6.07, 6.45) is 6.67. The molecule has 1 aromatic rings. The van der Waals surface area contributed by atoms with Crippen molar-refractivity contribution >= 4 is 5.71 Å². The van der Waals surface area contributed by atoms with Crippen molar-refractivity contribution in [2.75, 3.05) is 6.61 Å². The van der Waals surface area contributed by atoms with E-state index in [1.807, 2.05) is 18.2 Å². The first-order valence-electron chi connectivity index (χ1n) is 7.22. The molecule has 1 atom stereocenters. The molecule has 1 N–H and O–H groups in total. The van der Waals surface area contributed by atoms with Gasteiger partial charge in [0.1, 0.15) is 0 Å². The van der Waals surface area contributed by atoms with Crippen LogP contribution in [-0.4, -0.2) is 17.5 Å². The second kappa shape index (κ2) is 7.95. The smallest absolute Gasteiger partial charge is 0.0716 e. The van der Waals surface area contributed by atoms with Gasteiger partial charge in [-0.15, -0.1) is 0 Å². The average molecular weight is 261 g/mol. The molecule has 19 heavy (non-hydrogen) atoms. The Morgan fingerprint density at radius 2 is 2.05 bits per heavy atom. The monoisotopic (exact) mass is 261 g/mol.